The maximum Gasteiger partial charge on any atom is 0.279 e. The van der Waals surface area contributed by atoms with Gasteiger partial charge < -0.3 is 5.11 Å². The van der Waals surface area contributed by atoms with Gasteiger partial charge in [0.25, 0.3) is 11.5 Å². The number of benzene rings is 1. The first-order valence-corrected chi connectivity index (χ1v) is 11.7. The number of hydrazine groups is 1. The van der Waals surface area contributed by atoms with Crippen molar-refractivity contribution in [3.05, 3.63) is 59.4 Å². The van der Waals surface area contributed by atoms with E-state index in [1.54, 1.807) is 24.3 Å². The molecule has 1 aromatic heterocycles. The fourth-order valence-corrected chi connectivity index (χ4v) is 3.75. The first-order chi connectivity index (χ1) is 15.9. The number of para-hydroxylation sites is 1. The second-order valence-corrected chi connectivity index (χ2v) is 8.16. The van der Waals surface area contributed by atoms with Crippen molar-refractivity contribution in [3.63, 3.8) is 0 Å². The Balaban J connectivity index is 1.93. The molecule has 2 rings (SSSR count). The number of hydrogen-bond acceptors (Lipinski definition) is 4. The van der Waals surface area contributed by atoms with Crippen LogP contribution in [0.25, 0.3) is 16.6 Å². The van der Waals surface area contributed by atoms with Crippen molar-refractivity contribution in [2.75, 3.05) is 0 Å². The molecular formula is C26H35N3O4. The molecule has 33 heavy (non-hydrogen) atoms. The smallest absolute Gasteiger partial charge is 0.279 e. The van der Waals surface area contributed by atoms with Crippen LogP contribution in [0.5, 0.6) is 5.75 Å². The maximum absolute atomic E-state index is 13.0. The number of carbonyl (C=O) groups excluding carboxylic acids is 2. The Morgan fingerprint density at radius 1 is 1.00 bits per heavy atom. The summed E-state index contributed by atoms with van der Waals surface area (Å²) in [6.45, 7) is 9.62. The van der Waals surface area contributed by atoms with E-state index in [9.17, 15) is 19.5 Å². The van der Waals surface area contributed by atoms with E-state index in [1.165, 1.54) is 49.2 Å². The van der Waals surface area contributed by atoms with Gasteiger partial charge in [0.05, 0.1) is 5.52 Å². The van der Waals surface area contributed by atoms with Gasteiger partial charge in [-0.1, -0.05) is 83.6 Å². The molecule has 0 radical (unpaired) electrons. The molecule has 2 amide bonds. The number of aromatic nitrogens is 1. The molecule has 1 heterocycles. The second kappa shape index (κ2) is 13.3. The van der Waals surface area contributed by atoms with Crippen molar-refractivity contribution in [3.8, 4) is 5.75 Å². The van der Waals surface area contributed by atoms with E-state index >= 15 is 0 Å². The number of carbonyl (C=O) groups is 2. The van der Waals surface area contributed by atoms with E-state index in [2.05, 4.69) is 30.9 Å². The molecular weight excluding hydrogens is 418 g/mol. The first-order valence-electron chi connectivity index (χ1n) is 11.7. The summed E-state index contributed by atoms with van der Waals surface area (Å²) in [5.41, 5.74) is 4.02. The predicted octanol–water partition coefficient (Wildman–Crippen LogP) is 5.05. The van der Waals surface area contributed by atoms with Crippen LogP contribution in [-0.2, 0) is 4.79 Å². The predicted molar refractivity (Wildman–Crippen MR) is 133 cm³/mol. The zero-order chi connectivity index (χ0) is 24.2. The SMILES string of the molecule is C=CC(=C)n1c(=O)c(C(=O)NNC(=O)CCCCCCCCCCC)c(O)c2ccccc21. The number of hydrogen-bond donors (Lipinski definition) is 3. The van der Waals surface area contributed by atoms with Crippen LogP contribution in [0.15, 0.2) is 48.3 Å². The lowest BCUT2D eigenvalue weighted by molar-refractivity contribution is -0.122. The van der Waals surface area contributed by atoms with Crippen LogP contribution in [0.1, 0.15) is 81.5 Å². The highest BCUT2D eigenvalue weighted by atomic mass is 16.3. The molecule has 0 aliphatic heterocycles. The minimum Gasteiger partial charge on any atom is -0.506 e. The fourth-order valence-electron chi connectivity index (χ4n) is 3.75. The van der Waals surface area contributed by atoms with Gasteiger partial charge in [0.15, 0.2) is 0 Å². The molecule has 3 N–H and O–H groups in total. The van der Waals surface area contributed by atoms with Crippen LogP contribution in [0.4, 0.5) is 0 Å². The monoisotopic (exact) mass is 453 g/mol. The number of aromatic hydroxyl groups is 1. The lowest BCUT2D eigenvalue weighted by Crippen LogP contribution is -2.44. The Labute approximate surface area is 195 Å². The van der Waals surface area contributed by atoms with E-state index in [4.69, 9.17) is 0 Å². The largest absolute Gasteiger partial charge is 0.506 e. The first kappa shape index (κ1) is 25.9. The summed E-state index contributed by atoms with van der Waals surface area (Å²) in [5, 5.41) is 10.9. The average molecular weight is 454 g/mol. The third-order valence-corrected chi connectivity index (χ3v) is 5.63. The van der Waals surface area contributed by atoms with Gasteiger partial charge in [0, 0.05) is 17.5 Å². The van der Waals surface area contributed by atoms with Gasteiger partial charge in [0.1, 0.15) is 11.3 Å². The van der Waals surface area contributed by atoms with Crippen LogP contribution in [0.3, 0.4) is 0 Å². The summed E-state index contributed by atoms with van der Waals surface area (Å²) in [6, 6.07) is 6.62. The Kier molecular flexibility index (Phi) is 10.4. The topological polar surface area (TPSA) is 100 Å². The number of pyridine rings is 1. The van der Waals surface area contributed by atoms with Gasteiger partial charge in [-0.25, -0.2) is 0 Å². The molecule has 0 aliphatic carbocycles. The van der Waals surface area contributed by atoms with Gasteiger partial charge in [-0.05, 0) is 24.6 Å². The number of fused-ring (bicyclic) bond motifs is 1. The lowest BCUT2D eigenvalue weighted by atomic mass is 10.1. The number of nitrogens with one attached hydrogen (secondary N) is 2. The van der Waals surface area contributed by atoms with Gasteiger partial charge in [0.2, 0.25) is 5.91 Å². The number of rotatable bonds is 13. The summed E-state index contributed by atoms with van der Waals surface area (Å²) < 4.78 is 1.21. The van der Waals surface area contributed by atoms with Gasteiger partial charge >= 0.3 is 0 Å². The maximum atomic E-state index is 13.0. The molecule has 7 heteroatoms. The summed E-state index contributed by atoms with van der Waals surface area (Å²) in [6.07, 6.45) is 11.9. The van der Waals surface area contributed by atoms with E-state index in [1.807, 2.05) is 0 Å². The Morgan fingerprint density at radius 2 is 1.61 bits per heavy atom. The van der Waals surface area contributed by atoms with Gasteiger partial charge in [-0.2, -0.15) is 0 Å². The highest BCUT2D eigenvalue weighted by molar-refractivity contribution is 6.03. The van der Waals surface area contributed by atoms with Crippen LogP contribution >= 0.6 is 0 Å². The molecule has 0 saturated carbocycles. The number of amides is 2. The molecule has 2 aromatic rings. The number of unbranched alkanes of at least 4 members (excludes halogenated alkanes) is 8. The minimum absolute atomic E-state index is 0.264. The van der Waals surface area contributed by atoms with Crippen molar-refractivity contribution in [2.45, 2.75) is 71.1 Å². The molecule has 0 spiro atoms. The molecule has 178 valence electrons. The van der Waals surface area contributed by atoms with Crippen LogP contribution in [0.2, 0.25) is 0 Å². The van der Waals surface area contributed by atoms with Crippen molar-refractivity contribution in [2.24, 2.45) is 0 Å². The Bertz CT molecular complexity index is 1060. The second-order valence-electron chi connectivity index (χ2n) is 8.16. The zero-order valence-corrected chi connectivity index (χ0v) is 19.5. The van der Waals surface area contributed by atoms with E-state index < -0.39 is 22.8 Å². The Hall–Kier alpha value is -3.35. The highest BCUT2D eigenvalue weighted by Crippen LogP contribution is 2.27. The van der Waals surface area contributed by atoms with E-state index in [-0.39, 0.29) is 18.0 Å². The average Bonchev–Trinajstić information content (AvgIpc) is 2.81. The summed E-state index contributed by atoms with van der Waals surface area (Å²) in [4.78, 5) is 37.7. The van der Waals surface area contributed by atoms with Gasteiger partial charge in [-0.15, -0.1) is 0 Å². The Morgan fingerprint density at radius 3 is 2.24 bits per heavy atom. The van der Waals surface area contributed by atoms with Gasteiger partial charge in [-0.3, -0.25) is 29.8 Å². The van der Waals surface area contributed by atoms with Crippen LogP contribution in [0, 0.1) is 0 Å². The molecule has 0 unspecified atom stereocenters. The van der Waals surface area contributed by atoms with Crippen molar-refractivity contribution < 1.29 is 14.7 Å². The van der Waals surface area contributed by atoms with Crippen LogP contribution < -0.4 is 16.4 Å². The third-order valence-electron chi connectivity index (χ3n) is 5.63. The molecule has 0 aliphatic rings. The van der Waals surface area contributed by atoms with Crippen molar-refractivity contribution in [1.29, 1.82) is 0 Å². The number of allylic oxidation sites excluding steroid dienone is 2. The van der Waals surface area contributed by atoms with Crippen molar-refractivity contribution >= 4 is 28.4 Å². The minimum atomic E-state index is -0.894. The quantitative estimate of drug-likeness (QED) is 0.225. The molecule has 0 bridgehead atoms. The zero-order valence-electron chi connectivity index (χ0n) is 19.5. The molecule has 0 saturated heterocycles. The van der Waals surface area contributed by atoms with Crippen LogP contribution in [-0.4, -0.2) is 21.5 Å². The molecule has 0 fully saturated rings. The standard InChI is InChI=1S/C26H35N3O4/c1-4-6-7-8-9-10-11-12-13-18-22(30)27-28-25(32)23-24(31)20-16-14-15-17-21(20)29(26(23)33)19(3)5-2/h5,14-17,31H,2-4,6-13,18H2,1H3,(H,27,30)(H,28,32). The highest BCUT2D eigenvalue weighted by Gasteiger charge is 2.23. The van der Waals surface area contributed by atoms with E-state index in [0.717, 1.165) is 19.3 Å². The normalized spacial score (nSPS) is 10.7. The summed E-state index contributed by atoms with van der Waals surface area (Å²) >= 11 is 0. The summed E-state index contributed by atoms with van der Waals surface area (Å²) in [5.74, 6) is -1.69. The van der Waals surface area contributed by atoms with Crippen molar-refractivity contribution in [1.82, 2.24) is 15.4 Å². The summed E-state index contributed by atoms with van der Waals surface area (Å²) in [7, 11) is 0. The lowest BCUT2D eigenvalue weighted by Gasteiger charge is -2.15. The molecule has 7 nitrogen and oxygen atoms in total. The fraction of sp³-hybridized carbons (Fsp3) is 0.423. The third kappa shape index (κ3) is 7.07. The molecule has 0 atom stereocenters. The van der Waals surface area contributed by atoms with E-state index in [0.29, 0.717) is 10.9 Å². The number of nitrogens with zero attached hydrogens (tertiary/aromatic N) is 1. The molecule has 1 aromatic carbocycles.